The van der Waals surface area contributed by atoms with Gasteiger partial charge in [-0.15, -0.1) is 11.8 Å². The van der Waals surface area contributed by atoms with Crippen LogP contribution in [0.4, 0.5) is 5.69 Å². The van der Waals surface area contributed by atoms with Gasteiger partial charge in [0.1, 0.15) is 4.99 Å². The van der Waals surface area contributed by atoms with Crippen molar-refractivity contribution in [1.29, 1.82) is 0 Å². The molecule has 1 atom stereocenters. The van der Waals surface area contributed by atoms with E-state index in [0.29, 0.717) is 11.0 Å². The van der Waals surface area contributed by atoms with Crippen molar-refractivity contribution < 1.29 is 0 Å². The fraction of sp³-hybridized carbons (Fsp3) is 0.462. The molecule has 1 heterocycles. The highest BCUT2D eigenvalue weighted by Gasteiger charge is 2.24. The van der Waals surface area contributed by atoms with Gasteiger partial charge in [0.15, 0.2) is 0 Å². The van der Waals surface area contributed by atoms with E-state index < -0.39 is 0 Å². The molecule has 0 aromatic heterocycles. The Morgan fingerprint density at radius 1 is 1.53 bits per heavy atom. The molecular formula is C13H18N2S2. The number of anilines is 1. The second kappa shape index (κ2) is 5.27. The summed E-state index contributed by atoms with van der Waals surface area (Å²) < 4.78 is 0. The maximum Gasteiger partial charge on any atom is 0.107 e. The fourth-order valence-electron chi connectivity index (χ4n) is 2.47. The molecule has 2 N–H and O–H groups in total. The molecule has 1 aliphatic heterocycles. The normalized spacial score (nSPS) is 19.6. The van der Waals surface area contributed by atoms with Crippen molar-refractivity contribution in [1.82, 2.24) is 0 Å². The minimum Gasteiger partial charge on any atom is -0.389 e. The molecule has 1 unspecified atom stereocenters. The van der Waals surface area contributed by atoms with Crippen LogP contribution in [-0.2, 0) is 0 Å². The van der Waals surface area contributed by atoms with Crippen molar-refractivity contribution in [2.45, 2.75) is 30.7 Å². The molecule has 0 saturated carbocycles. The molecule has 2 rings (SSSR count). The molecule has 0 aliphatic carbocycles. The third-order valence-electron chi connectivity index (χ3n) is 3.33. The van der Waals surface area contributed by atoms with Crippen LogP contribution >= 0.6 is 24.0 Å². The molecule has 2 nitrogen and oxygen atoms in total. The lowest BCUT2D eigenvalue weighted by Crippen LogP contribution is -2.29. The minimum absolute atomic E-state index is 0.504. The summed E-state index contributed by atoms with van der Waals surface area (Å²) in [6.45, 7) is 3.37. The van der Waals surface area contributed by atoms with Gasteiger partial charge in [0, 0.05) is 28.7 Å². The van der Waals surface area contributed by atoms with Crippen molar-refractivity contribution in [2.24, 2.45) is 5.73 Å². The smallest absolute Gasteiger partial charge is 0.107 e. The summed E-state index contributed by atoms with van der Waals surface area (Å²) in [5, 5.41) is 0. The number of hydrogen-bond donors (Lipinski definition) is 1. The van der Waals surface area contributed by atoms with E-state index in [9.17, 15) is 0 Å². The molecule has 1 fully saturated rings. The Bertz CT molecular complexity index is 431. The molecule has 0 radical (unpaired) electrons. The van der Waals surface area contributed by atoms with E-state index in [1.165, 1.54) is 23.4 Å². The van der Waals surface area contributed by atoms with Crippen LogP contribution in [0.1, 0.15) is 25.3 Å². The van der Waals surface area contributed by atoms with Gasteiger partial charge in [-0.25, -0.2) is 0 Å². The number of thioether (sulfide) groups is 1. The SMILES string of the molecule is CSc1cccc(N2CCCC2C)c1C(N)=S. The van der Waals surface area contributed by atoms with Gasteiger partial charge in [0.2, 0.25) is 0 Å². The van der Waals surface area contributed by atoms with Gasteiger partial charge in [0.25, 0.3) is 0 Å². The fourth-order valence-corrected chi connectivity index (χ4v) is 3.38. The van der Waals surface area contributed by atoms with Gasteiger partial charge >= 0.3 is 0 Å². The molecule has 17 heavy (non-hydrogen) atoms. The quantitative estimate of drug-likeness (QED) is 0.672. The predicted octanol–water partition coefficient (Wildman–Crippen LogP) is 3.03. The standard InChI is InChI=1S/C13H18N2S2/c1-9-5-4-8-15(9)10-6-3-7-11(17-2)12(10)13(14)16/h3,6-7,9H,4-5,8H2,1-2H3,(H2,14,16). The first-order valence-electron chi connectivity index (χ1n) is 5.88. The average molecular weight is 266 g/mol. The van der Waals surface area contributed by atoms with Gasteiger partial charge in [-0.1, -0.05) is 18.3 Å². The van der Waals surface area contributed by atoms with Gasteiger partial charge in [-0.2, -0.15) is 0 Å². The van der Waals surface area contributed by atoms with Crippen LogP contribution in [0.15, 0.2) is 23.1 Å². The molecular weight excluding hydrogens is 248 g/mol. The lowest BCUT2D eigenvalue weighted by molar-refractivity contribution is 0.734. The minimum atomic E-state index is 0.504. The van der Waals surface area contributed by atoms with Crippen molar-refractivity contribution in [2.75, 3.05) is 17.7 Å². The molecule has 4 heteroatoms. The molecule has 0 amide bonds. The van der Waals surface area contributed by atoms with Crippen LogP contribution in [0.5, 0.6) is 0 Å². The summed E-state index contributed by atoms with van der Waals surface area (Å²) in [7, 11) is 0. The number of thiocarbonyl (C=S) groups is 1. The summed E-state index contributed by atoms with van der Waals surface area (Å²) in [5.41, 5.74) is 8.14. The summed E-state index contributed by atoms with van der Waals surface area (Å²) in [4.78, 5) is 4.10. The van der Waals surface area contributed by atoms with E-state index in [4.69, 9.17) is 18.0 Å². The van der Waals surface area contributed by atoms with Crippen LogP contribution in [0.25, 0.3) is 0 Å². The number of hydrogen-bond acceptors (Lipinski definition) is 3. The van der Waals surface area contributed by atoms with Crippen molar-refractivity contribution in [3.05, 3.63) is 23.8 Å². The number of nitrogens with two attached hydrogens (primary N) is 1. The zero-order valence-corrected chi connectivity index (χ0v) is 11.9. The summed E-state index contributed by atoms with van der Waals surface area (Å²) in [5.74, 6) is 0. The maximum absolute atomic E-state index is 5.90. The number of nitrogens with zero attached hydrogens (tertiary/aromatic N) is 1. The van der Waals surface area contributed by atoms with Crippen LogP contribution in [-0.4, -0.2) is 23.8 Å². The van der Waals surface area contributed by atoms with E-state index in [0.717, 1.165) is 12.1 Å². The van der Waals surface area contributed by atoms with Crippen LogP contribution < -0.4 is 10.6 Å². The van der Waals surface area contributed by atoms with E-state index in [2.05, 4.69) is 36.3 Å². The van der Waals surface area contributed by atoms with Crippen LogP contribution in [0.3, 0.4) is 0 Å². The third kappa shape index (κ3) is 2.43. The Balaban J connectivity index is 2.49. The van der Waals surface area contributed by atoms with Crippen molar-refractivity contribution >= 4 is 34.7 Å². The molecule has 92 valence electrons. The Kier molecular flexibility index (Phi) is 3.94. The zero-order chi connectivity index (χ0) is 12.4. The highest BCUT2D eigenvalue weighted by Crippen LogP contribution is 2.33. The monoisotopic (exact) mass is 266 g/mol. The summed E-state index contributed by atoms with van der Waals surface area (Å²) in [6, 6.07) is 6.90. The van der Waals surface area contributed by atoms with Gasteiger partial charge < -0.3 is 10.6 Å². The molecule has 1 saturated heterocycles. The van der Waals surface area contributed by atoms with Gasteiger partial charge in [-0.05, 0) is 38.2 Å². The molecule has 0 bridgehead atoms. The molecule has 1 aromatic rings. The van der Waals surface area contributed by atoms with Crippen LogP contribution in [0.2, 0.25) is 0 Å². The van der Waals surface area contributed by atoms with Crippen molar-refractivity contribution in [3.63, 3.8) is 0 Å². The molecule has 1 aliphatic rings. The molecule has 0 spiro atoms. The first kappa shape index (κ1) is 12.7. The largest absolute Gasteiger partial charge is 0.389 e. The lowest BCUT2D eigenvalue weighted by Gasteiger charge is -2.27. The second-order valence-electron chi connectivity index (χ2n) is 4.40. The third-order valence-corrected chi connectivity index (χ3v) is 4.32. The Morgan fingerprint density at radius 3 is 2.82 bits per heavy atom. The highest BCUT2D eigenvalue weighted by molar-refractivity contribution is 7.98. The predicted molar refractivity (Wildman–Crippen MR) is 80.2 cm³/mol. The van der Waals surface area contributed by atoms with Gasteiger partial charge in [0.05, 0.1) is 0 Å². The average Bonchev–Trinajstić information content (AvgIpc) is 2.74. The highest BCUT2D eigenvalue weighted by atomic mass is 32.2. The van der Waals surface area contributed by atoms with Crippen molar-refractivity contribution in [3.8, 4) is 0 Å². The van der Waals surface area contributed by atoms with E-state index in [-0.39, 0.29) is 0 Å². The number of rotatable bonds is 3. The first-order chi connectivity index (χ1) is 8.15. The number of benzene rings is 1. The zero-order valence-electron chi connectivity index (χ0n) is 10.3. The van der Waals surface area contributed by atoms with E-state index in [1.807, 2.05) is 0 Å². The summed E-state index contributed by atoms with van der Waals surface area (Å²) >= 11 is 6.92. The molecule has 1 aromatic carbocycles. The van der Waals surface area contributed by atoms with E-state index in [1.54, 1.807) is 11.8 Å². The van der Waals surface area contributed by atoms with Crippen LogP contribution in [0, 0.1) is 0 Å². The maximum atomic E-state index is 5.90. The van der Waals surface area contributed by atoms with Gasteiger partial charge in [-0.3, -0.25) is 0 Å². The first-order valence-corrected chi connectivity index (χ1v) is 7.52. The Hall–Kier alpha value is -0.740. The topological polar surface area (TPSA) is 29.3 Å². The van der Waals surface area contributed by atoms with E-state index >= 15 is 0 Å². The lowest BCUT2D eigenvalue weighted by atomic mass is 10.1. The Labute approximate surface area is 113 Å². The summed E-state index contributed by atoms with van der Waals surface area (Å²) in [6.07, 6.45) is 4.57. The Morgan fingerprint density at radius 2 is 2.29 bits per heavy atom. The second-order valence-corrected chi connectivity index (χ2v) is 5.69.